The zero-order valence-corrected chi connectivity index (χ0v) is 20.4. The molecule has 0 aliphatic carbocycles. The van der Waals surface area contributed by atoms with Crippen molar-refractivity contribution in [1.82, 2.24) is 20.1 Å². The summed E-state index contributed by atoms with van der Waals surface area (Å²) in [5.41, 5.74) is 5.25. The molecule has 2 aliphatic rings. The molecule has 3 unspecified atom stereocenters. The number of rotatable bonds is 7. The van der Waals surface area contributed by atoms with Crippen LogP contribution >= 0.6 is 0 Å². The Kier molecular flexibility index (Phi) is 6.35. The van der Waals surface area contributed by atoms with E-state index in [0.29, 0.717) is 18.6 Å². The van der Waals surface area contributed by atoms with Crippen molar-refractivity contribution in [2.75, 3.05) is 7.05 Å². The summed E-state index contributed by atoms with van der Waals surface area (Å²) in [6.07, 6.45) is 3.61. The molecule has 2 amide bonds. The van der Waals surface area contributed by atoms with Gasteiger partial charge in [-0.1, -0.05) is 11.6 Å². The number of nitrogens with zero attached hydrogens (tertiary/aromatic N) is 2. The van der Waals surface area contributed by atoms with Crippen molar-refractivity contribution in [3.8, 4) is 0 Å². The van der Waals surface area contributed by atoms with Gasteiger partial charge < -0.3 is 15.2 Å². The Bertz CT molecular complexity index is 1020. The molecule has 3 heterocycles. The SMILES string of the molecule is Cc1ccc2c(c1)c1c(n2CC(CC(=O)NC(C)C)C(=O)NC(C)C)CC2CCC1N2C. The Labute approximate surface area is 191 Å². The van der Waals surface area contributed by atoms with E-state index in [1.54, 1.807) is 0 Å². The lowest BCUT2D eigenvalue weighted by Gasteiger charge is -2.33. The quantitative estimate of drug-likeness (QED) is 0.693. The fourth-order valence-electron chi connectivity index (χ4n) is 5.64. The summed E-state index contributed by atoms with van der Waals surface area (Å²) in [5, 5.41) is 7.32. The van der Waals surface area contributed by atoms with Gasteiger partial charge in [0.25, 0.3) is 0 Å². The van der Waals surface area contributed by atoms with E-state index in [4.69, 9.17) is 0 Å². The number of amides is 2. The van der Waals surface area contributed by atoms with Crippen LogP contribution < -0.4 is 10.6 Å². The van der Waals surface area contributed by atoms with E-state index in [1.165, 1.54) is 40.6 Å². The number of aromatic nitrogens is 1. The number of nitrogens with one attached hydrogen (secondary N) is 2. The number of carbonyl (C=O) groups is 2. The number of hydrogen-bond donors (Lipinski definition) is 2. The van der Waals surface area contributed by atoms with Crippen LogP contribution in [-0.4, -0.2) is 46.5 Å². The highest BCUT2D eigenvalue weighted by molar-refractivity contribution is 5.89. The van der Waals surface area contributed by atoms with Crippen molar-refractivity contribution in [2.24, 2.45) is 5.92 Å². The number of aryl methyl sites for hydroxylation is 1. The van der Waals surface area contributed by atoms with Gasteiger partial charge >= 0.3 is 0 Å². The van der Waals surface area contributed by atoms with E-state index in [1.807, 2.05) is 27.7 Å². The maximum Gasteiger partial charge on any atom is 0.225 e. The van der Waals surface area contributed by atoms with Crippen molar-refractivity contribution in [1.29, 1.82) is 0 Å². The molecule has 4 rings (SSSR count). The largest absolute Gasteiger partial charge is 0.354 e. The maximum atomic E-state index is 13.1. The smallest absolute Gasteiger partial charge is 0.225 e. The monoisotopic (exact) mass is 438 g/mol. The first-order valence-electron chi connectivity index (χ1n) is 12.1. The van der Waals surface area contributed by atoms with E-state index in [0.717, 1.165) is 6.42 Å². The van der Waals surface area contributed by atoms with E-state index in [-0.39, 0.29) is 30.3 Å². The Hall–Kier alpha value is -2.34. The summed E-state index contributed by atoms with van der Waals surface area (Å²) in [5.74, 6) is -0.517. The van der Waals surface area contributed by atoms with Gasteiger partial charge in [-0.05, 0) is 72.2 Å². The number of hydrogen-bond acceptors (Lipinski definition) is 3. The first kappa shape index (κ1) is 22.8. The molecule has 1 fully saturated rings. The topological polar surface area (TPSA) is 66.4 Å². The predicted octanol–water partition coefficient (Wildman–Crippen LogP) is 3.70. The third-order valence-corrected chi connectivity index (χ3v) is 7.06. The molecule has 2 aromatic rings. The van der Waals surface area contributed by atoms with Gasteiger partial charge in [0, 0.05) is 60.2 Å². The average molecular weight is 439 g/mol. The molecule has 1 aromatic carbocycles. The minimum absolute atomic E-state index is 0.0422. The summed E-state index contributed by atoms with van der Waals surface area (Å²) < 4.78 is 2.36. The molecule has 174 valence electrons. The van der Waals surface area contributed by atoms with E-state index in [2.05, 4.69) is 52.3 Å². The fourth-order valence-corrected chi connectivity index (χ4v) is 5.64. The van der Waals surface area contributed by atoms with Gasteiger partial charge in [-0.2, -0.15) is 0 Å². The molecule has 1 aromatic heterocycles. The van der Waals surface area contributed by atoms with Crippen LogP contribution in [0.4, 0.5) is 0 Å². The molecule has 0 radical (unpaired) electrons. The van der Waals surface area contributed by atoms with E-state index < -0.39 is 5.92 Å². The van der Waals surface area contributed by atoms with Gasteiger partial charge in [-0.15, -0.1) is 0 Å². The second-order valence-corrected chi connectivity index (χ2v) is 10.4. The highest BCUT2D eigenvalue weighted by atomic mass is 16.2. The summed E-state index contributed by atoms with van der Waals surface area (Å²) in [6, 6.07) is 7.76. The Morgan fingerprint density at radius 3 is 2.50 bits per heavy atom. The number of fused-ring (bicyclic) bond motifs is 6. The number of benzene rings is 1. The molecule has 0 spiro atoms. The highest BCUT2D eigenvalue weighted by Gasteiger charge is 2.41. The van der Waals surface area contributed by atoms with Crippen LogP contribution in [0.5, 0.6) is 0 Å². The first-order chi connectivity index (χ1) is 15.2. The normalized spacial score (nSPS) is 21.2. The van der Waals surface area contributed by atoms with Crippen molar-refractivity contribution >= 4 is 22.7 Å². The Morgan fingerprint density at radius 1 is 1.09 bits per heavy atom. The molecule has 2 bridgehead atoms. The summed E-state index contributed by atoms with van der Waals surface area (Å²) in [7, 11) is 2.25. The lowest BCUT2D eigenvalue weighted by molar-refractivity contribution is -0.131. The molecule has 6 nitrogen and oxygen atoms in total. The third-order valence-electron chi connectivity index (χ3n) is 7.06. The van der Waals surface area contributed by atoms with Crippen molar-refractivity contribution in [2.45, 2.75) is 91.0 Å². The number of carbonyl (C=O) groups excluding carboxylic acids is 2. The van der Waals surface area contributed by atoms with Crippen molar-refractivity contribution in [3.05, 3.63) is 35.0 Å². The average Bonchev–Trinajstić information content (AvgIpc) is 3.10. The second kappa shape index (κ2) is 8.89. The Morgan fingerprint density at radius 2 is 1.81 bits per heavy atom. The minimum Gasteiger partial charge on any atom is -0.354 e. The predicted molar refractivity (Wildman–Crippen MR) is 129 cm³/mol. The molecule has 2 N–H and O–H groups in total. The highest BCUT2D eigenvalue weighted by Crippen LogP contribution is 2.47. The van der Waals surface area contributed by atoms with Gasteiger partial charge in [0.15, 0.2) is 0 Å². The van der Waals surface area contributed by atoms with Gasteiger partial charge in [-0.3, -0.25) is 14.5 Å². The molecule has 32 heavy (non-hydrogen) atoms. The van der Waals surface area contributed by atoms with Crippen LogP contribution in [0.2, 0.25) is 0 Å². The van der Waals surface area contributed by atoms with Gasteiger partial charge in [0.2, 0.25) is 11.8 Å². The molecule has 0 saturated carbocycles. The first-order valence-corrected chi connectivity index (χ1v) is 12.1. The van der Waals surface area contributed by atoms with E-state index in [9.17, 15) is 9.59 Å². The fraction of sp³-hybridized carbons (Fsp3) is 0.615. The molecule has 6 heteroatoms. The maximum absolute atomic E-state index is 13.1. The summed E-state index contributed by atoms with van der Waals surface area (Å²) in [6.45, 7) is 10.5. The second-order valence-electron chi connectivity index (χ2n) is 10.4. The van der Waals surface area contributed by atoms with E-state index >= 15 is 0 Å². The standard InChI is InChI=1S/C26H38N4O2/c1-15(2)27-24(31)12-18(26(32)28-16(3)4)14-30-21-9-7-17(5)11-20(21)25-22-10-8-19(29(22)6)13-23(25)30/h7,9,11,15-16,18-19,22H,8,10,12-14H2,1-6H3,(H,27,31)(H,28,32). The van der Waals surface area contributed by atoms with Gasteiger partial charge in [0.05, 0.1) is 5.92 Å². The summed E-state index contributed by atoms with van der Waals surface area (Å²) in [4.78, 5) is 28.3. The molecule has 1 saturated heterocycles. The lowest BCUT2D eigenvalue weighted by atomic mass is 9.96. The minimum atomic E-state index is -0.408. The van der Waals surface area contributed by atoms with Crippen LogP contribution in [0.1, 0.15) is 69.8 Å². The van der Waals surface area contributed by atoms with Gasteiger partial charge in [0.1, 0.15) is 0 Å². The van der Waals surface area contributed by atoms with Crippen LogP contribution in [0, 0.1) is 12.8 Å². The van der Waals surface area contributed by atoms with Crippen molar-refractivity contribution in [3.63, 3.8) is 0 Å². The molecular formula is C26H38N4O2. The third kappa shape index (κ3) is 4.29. The molecule has 3 atom stereocenters. The van der Waals surface area contributed by atoms with Gasteiger partial charge in [-0.25, -0.2) is 0 Å². The lowest BCUT2D eigenvalue weighted by Crippen LogP contribution is -2.41. The van der Waals surface area contributed by atoms with Crippen LogP contribution in [-0.2, 0) is 22.6 Å². The van der Waals surface area contributed by atoms with Crippen LogP contribution in [0.3, 0.4) is 0 Å². The molecular weight excluding hydrogens is 400 g/mol. The van der Waals surface area contributed by atoms with Crippen LogP contribution in [0.15, 0.2) is 18.2 Å². The summed E-state index contributed by atoms with van der Waals surface area (Å²) >= 11 is 0. The molecule has 2 aliphatic heterocycles. The Balaban J connectivity index is 1.75. The van der Waals surface area contributed by atoms with Crippen molar-refractivity contribution < 1.29 is 9.59 Å². The number of likely N-dealkylation sites (N-methyl/N-ethyl adjacent to an activating group) is 1. The zero-order chi connectivity index (χ0) is 23.2. The van der Waals surface area contributed by atoms with Crippen LogP contribution in [0.25, 0.3) is 10.9 Å². The zero-order valence-electron chi connectivity index (χ0n) is 20.4.